The van der Waals surface area contributed by atoms with Gasteiger partial charge in [0.25, 0.3) is 0 Å². The Morgan fingerprint density at radius 3 is 2.88 bits per heavy atom. The van der Waals surface area contributed by atoms with E-state index in [4.69, 9.17) is 0 Å². The molecular weight excluding hydrogens is 238 g/mol. The summed E-state index contributed by atoms with van der Waals surface area (Å²) in [5, 5.41) is 3.06. The van der Waals surface area contributed by atoms with E-state index in [9.17, 15) is 9.59 Å². The Morgan fingerprint density at radius 2 is 2.35 bits per heavy atom. The first kappa shape index (κ1) is 14.1. The molecule has 0 aliphatic heterocycles. The lowest BCUT2D eigenvalue weighted by Crippen LogP contribution is -2.42. The second-order valence-electron chi connectivity index (χ2n) is 4.01. The van der Waals surface area contributed by atoms with Gasteiger partial charge in [0.2, 0.25) is 5.91 Å². The minimum Gasteiger partial charge on any atom is -0.467 e. The van der Waals surface area contributed by atoms with Gasteiger partial charge in [-0.3, -0.25) is 4.79 Å². The topological polar surface area (TPSA) is 55.4 Å². The molecule has 0 aromatic carbocycles. The number of carbonyl (C=O) groups excluding carboxylic acids is 2. The molecule has 0 radical (unpaired) electrons. The molecule has 5 heteroatoms. The number of methoxy groups -OCH3 is 1. The van der Waals surface area contributed by atoms with Crippen LogP contribution in [0, 0.1) is 0 Å². The summed E-state index contributed by atoms with van der Waals surface area (Å²) in [6, 6.07) is -0.544. The van der Waals surface area contributed by atoms with Crippen LogP contribution in [-0.2, 0) is 14.3 Å². The van der Waals surface area contributed by atoms with Gasteiger partial charge in [0.15, 0.2) is 0 Å². The Kier molecular flexibility index (Phi) is 6.11. The maximum absolute atomic E-state index is 11.5. The first-order chi connectivity index (χ1) is 8.13. The molecule has 0 saturated carbocycles. The molecule has 0 fully saturated rings. The number of hydrogen-bond donors (Lipinski definition) is 1. The van der Waals surface area contributed by atoms with Crippen molar-refractivity contribution < 1.29 is 14.3 Å². The standard InChI is InChI=1S/C12H19NO3S/c1-9(14)13-11(12(15)16-2)8-17-10-6-4-3-5-7-10/h4,6,10-11H,3,5,7-8H2,1-2H3,(H,13,14)/t10-,11+/m1/s1. The van der Waals surface area contributed by atoms with Gasteiger partial charge in [-0.1, -0.05) is 12.2 Å². The van der Waals surface area contributed by atoms with Crippen LogP contribution in [0.4, 0.5) is 0 Å². The Labute approximate surface area is 106 Å². The largest absolute Gasteiger partial charge is 0.467 e. The molecule has 0 spiro atoms. The van der Waals surface area contributed by atoms with E-state index in [1.54, 1.807) is 11.8 Å². The van der Waals surface area contributed by atoms with E-state index in [1.807, 2.05) is 0 Å². The highest BCUT2D eigenvalue weighted by molar-refractivity contribution is 8.00. The summed E-state index contributed by atoms with van der Waals surface area (Å²) in [6.07, 6.45) is 7.82. The average molecular weight is 257 g/mol. The van der Waals surface area contributed by atoms with Crippen molar-refractivity contribution in [2.75, 3.05) is 12.9 Å². The molecule has 0 saturated heterocycles. The van der Waals surface area contributed by atoms with Crippen LogP contribution >= 0.6 is 11.8 Å². The van der Waals surface area contributed by atoms with E-state index in [0.717, 1.165) is 12.8 Å². The molecule has 0 unspecified atom stereocenters. The second kappa shape index (κ2) is 7.37. The van der Waals surface area contributed by atoms with Crippen LogP contribution < -0.4 is 5.32 Å². The Bertz CT molecular complexity index is 304. The number of allylic oxidation sites excluding steroid dienone is 1. The zero-order valence-electron chi connectivity index (χ0n) is 10.3. The van der Waals surface area contributed by atoms with Crippen molar-refractivity contribution in [3.05, 3.63) is 12.2 Å². The number of hydrogen-bond acceptors (Lipinski definition) is 4. The molecule has 17 heavy (non-hydrogen) atoms. The van der Waals surface area contributed by atoms with Gasteiger partial charge in [-0.25, -0.2) is 4.79 Å². The first-order valence-corrected chi connectivity index (χ1v) is 6.81. The third-order valence-electron chi connectivity index (χ3n) is 2.55. The summed E-state index contributed by atoms with van der Waals surface area (Å²) in [7, 11) is 1.34. The molecule has 1 amide bonds. The summed E-state index contributed by atoms with van der Waals surface area (Å²) < 4.78 is 4.67. The summed E-state index contributed by atoms with van der Waals surface area (Å²) >= 11 is 1.69. The van der Waals surface area contributed by atoms with Crippen LogP contribution in [0.5, 0.6) is 0 Å². The highest BCUT2D eigenvalue weighted by Gasteiger charge is 2.21. The Hall–Kier alpha value is -0.970. The van der Waals surface area contributed by atoms with Crippen molar-refractivity contribution in [1.82, 2.24) is 5.32 Å². The quantitative estimate of drug-likeness (QED) is 0.599. The van der Waals surface area contributed by atoms with Crippen LogP contribution in [0.25, 0.3) is 0 Å². The number of thioether (sulfide) groups is 1. The van der Waals surface area contributed by atoms with Gasteiger partial charge < -0.3 is 10.1 Å². The minimum absolute atomic E-state index is 0.208. The minimum atomic E-state index is -0.544. The lowest BCUT2D eigenvalue weighted by atomic mass is 10.1. The molecule has 1 aliphatic carbocycles. The number of rotatable bonds is 5. The molecule has 96 valence electrons. The van der Waals surface area contributed by atoms with Crippen molar-refractivity contribution in [1.29, 1.82) is 0 Å². The summed E-state index contributed by atoms with van der Waals surface area (Å²) in [6.45, 7) is 1.40. The summed E-state index contributed by atoms with van der Waals surface area (Å²) in [5.41, 5.74) is 0. The highest BCUT2D eigenvalue weighted by atomic mass is 32.2. The number of amides is 1. The van der Waals surface area contributed by atoms with E-state index < -0.39 is 6.04 Å². The predicted octanol–water partition coefficient (Wildman–Crippen LogP) is 1.51. The molecule has 0 aromatic heterocycles. The van der Waals surface area contributed by atoms with Crippen molar-refractivity contribution in [3.63, 3.8) is 0 Å². The Balaban J connectivity index is 2.42. The molecule has 1 rings (SSSR count). The van der Waals surface area contributed by atoms with Crippen molar-refractivity contribution in [2.24, 2.45) is 0 Å². The van der Waals surface area contributed by atoms with Crippen molar-refractivity contribution >= 4 is 23.6 Å². The molecule has 0 heterocycles. The molecule has 1 aliphatic rings. The maximum atomic E-state index is 11.5. The fraction of sp³-hybridized carbons (Fsp3) is 0.667. The van der Waals surface area contributed by atoms with E-state index in [1.165, 1.54) is 20.5 Å². The van der Waals surface area contributed by atoms with E-state index >= 15 is 0 Å². The molecule has 0 aromatic rings. The highest BCUT2D eigenvalue weighted by Crippen LogP contribution is 2.23. The molecule has 4 nitrogen and oxygen atoms in total. The monoisotopic (exact) mass is 257 g/mol. The number of carbonyl (C=O) groups is 2. The SMILES string of the molecule is COC(=O)[C@H](CS[C@@H]1C=CCCC1)NC(C)=O. The van der Waals surface area contributed by atoms with Crippen LogP contribution in [0.1, 0.15) is 26.2 Å². The van der Waals surface area contributed by atoms with Crippen LogP contribution in [-0.4, -0.2) is 36.0 Å². The number of nitrogens with one attached hydrogen (secondary N) is 1. The Morgan fingerprint density at radius 1 is 1.59 bits per heavy atom. The van der Waals surface area contributed by atoms with Gasteiger partial charge in [0.1, 0.15) is 6.04 Å². The molecule has 1 N–H and O–H groups in total. The van der Waals surface area contributed by atoms with Crippen LogP contribution in [0.15, 0.2) is 12.2 Å². The predicted molar refractivity (Wildman–Crippen MR) is 68.9 cm³/mol. The van der Waals surface area contributed by atoms with Crippen molar-refractivity contribution in [2.45, 2.75) is 37.5 Å². The summed E-state index contributed by atoms with van der Waals surface area (Å²) in [5.74, 6) is -0.0333. The lowest BCUT2D eigenvalue weighted by Gasteiger charge is -2.19. The zero-order chi connectivity index (χ0) is 12.7. The van der Waals surface area contributed by atoms with Gasteiger partial charge in [0.05, 0.1) is 7.11 Å². The van der Waals surface area contributed by atoms with E-state index in [-0.39, 0.29) is 11.9 Å². The van der Waals surface area contributed by atoms with Gasteiger partial charge >= 0.3 is 5.97 Å². The summed E-state index contributed by atoms with van der Waals surface area (Å²) in [4.78, 5) is 22.4. The average Bonchev–Trinajstić information content (AvgIpc) is 2.34. The third kappa shape index (κ3) is 5.26. The number of ether oxygens (including phenoxy) is 1. The normalized spacial score (nSPS) is 20.7. The first-order valence-electron chi connectivity index (χ1n) is 5.76. The third-order valence-corrected chi connectivity index (χ3v) is 3.90. The lowest BCUT2D eigenvalue weighted by molar-refractivity contribution is -0.144. The van der Waals surface area contributed by atoms with Gasteiger partial charge in [-0.2, -0.15) is 11.8 Å². The fourth-order valence-electron chi connectivity index (χ4n) is 1.70. The zero-order valence-corrected chi connectivity index (χ0v) is 11.1. The second-order valence-corrected chi connectivity index (χ2v) is 5.28. The van der Waals surface area contributed by atoms with Crippen LogP contribution in [0.2, 0.25) is 0 Å². The smallest absolute Gasteiger partial charge is 0.329 e. The molecule has 2 atom stereocenters. The van der Waals surface area contributed by atoms with Gasteiger partial charge in [0, 0.05) is 17.9 Å². The molecular formula is C12H19NO3S. The number of esters is 1. The van der Waals surface area contributed by atoms with Crippen molar-refractivity contribution in [3.8, 4) is 0 Å². The molecule has 0 bridgehead atoms. The van der Waals surface area contributed by atoms with E-state index in [2.05, 4.69) is 22.2 Å². The van der Waals surface area contributed by atoms with Gasteiger partial charge in [-0.05, 0) is 19.3 Å². The van der Waals surface area contributed by atoms with Crippen LogP contribution in [0.3, 0.4) is 0 Å². The maximum Gasteiger partial charge on any atom is 0.329 e. The van der Waals surface area contributed by atoms with Gasteiger partial charge in [-0.15, -0.1) is 0 Å². The fourth-order valence-corrected chi connectivity index (χ4v) is 2.91. The van der Waals surface area contributed by atoms with E-state index in [0.29, 0.717) is 11.0 Å².